The van der Waals surface area contributed by atoms with E-state index in [-0.39, 0.29) is 4.74 Å². The third kappa shape index (κ3) is 2.64. The lowest BCUT2D eigenvalue weighted by Gasteiger charge is -2.02. The summed E-state index contributed by atoms with van der Waals surface area (Å²) in [6, 6.07) is 14.1. The highest BCUT2D eigenvalue weighted by molar-refractivity contribution is 7.17. The zero-order chi connectivity index (χ0) is 18.3. The van der Waals surface area contributed by atoms with Crippen LogP contribution in [0.1, 0.15) is 10.4 Å². The summed E-state index contributed by atoms with van der Waals surface area (Å²) in [5.74, 6) is 0.865. The van der Waals surface area contributed by atoms with Gasteiger partial charge in [0.2, 0.25) is 4.74 Å². The van der Waals surface area contributed by atoms with E-state index in [1.165, 1.54) is 18.4 Å². The van der Waals surface area contributed by atoms with Gasteiger partial charge in [-0.15, -0.1) is 0 Å². The second-order valence-corrected chi connectivity index (χ2v) is 6.69. The van der Waals surface area contributed by atoms with Crippen LogP contribution in [-0.4, -0.2) is 20.2 Å². The van der Waals surface area contributed by atoms with Gasteiger partial charge in [0.25, 0.3) is 0 Å². The molecule has 0 aliphatic carbocycles. The fraction of sp³-hybridized carbons (Fsp3) is 0.100. The topological polar surface area (TPSA) is 65.7 Å². The number of benzene rings is 2. The lowest BCUT2D eigenvalue weighted by Crippen LogP contribution is -2.00. The summed E-state index contributed by atoms with van der Waals surface area (Å²) in [5, 5.41) is 1.36. The van der Waals surface area contributed by atoms with Crippen LogP contribution in [0.3, 0.4) is 0 Å². The summed E-state index contributed by atoms with van der Waals surface area (Å²) >= 11 is 1.18. The first-order chi connectivity index (χ1) is 12.6. The van der Waals surface area contributed by atoms with Crippen molar-refractivity contribution < 1.29 is 18.7 Å². The van der Waals surface area contributed by atoms with Gasteiger partial charge < -0.3 is 13.9 Å². The van der Waals surface area contributed by atoms with Gasteiger partial charge in [-0.05, 0) is 36.4 Å². The molecule has 26 heavy (non-hydrogen) atoms. The molecule has 2 heterocycles. The minimum Gasteiger partial charge on any atom is -0.497 e. The van der Waals surface area contributed by atoms with Crippen LogP contribution in [0.2, 0.25) is 0 Å². The Balaban J connectivity index is 1.89. The molecule has 0 aliphatic rings. The molecule has 0 bridgehead atoms. The zero-order valence-corrected chi connectivity index (χ0v) is 14.9. The SMILES string of the molecule is COC(=O)c1ccc(-c2cc3c(=O)sc4ccc(OC)cc4c3o2)cc1. The van der Waals surface area contributed by atoms with Gasteiger partial charge in [0, 0.05) is 15.6 Å². The predicted octanol–water partition coefficient (Wildman–Crippen LogP) is 4.47. The van der Waals surface area contributed by atoms with Crippen LogP contribution in [0.15, 0.2) is 57.7 Å². The quantitative estimate of drug-likeness (QED) is 0.501. The lowest BCUT2D eigenvalue weighted by atomic mass is 10.1. The van der Waals surface area contributed by atoms with Gasteiger partial charge in [0.1, 0.15) is 17.1 Å². The Labute approximate surface area is 152 Å². The van der Waals surface area contributed by atoms with E-state index in [1.54, 1.807) is 37.4 Å². The first-order valence-electron chi connectivity index (χ1n) is 7.84. The van der Waals surface area contributed by atoms with Crippen molar-refractivity contribution in [1.82, 2.24) is 0 Å². The average Bonchev–Trinajstić information content (AvgIpc) is 3.14. The molecule has 0 saturated heterocycles. The Morgan fingerprint density at radius 2 is 1.77 bits per heavy atom. The monoisotopic (exact) mass is 366 g/mol. The first-order valence-corrected chi connectivity index (χ1v) is 8.65. The molecule has 0 atom stereocenters. The van der Waals surface area contributed by atoms with E-state index in [0.717, 1.165) is 15.6 Å². The highest BCUT2D eigenvalue weighted by Crippen LogP contribution is 2.34. The Morgan fingerprint density at radius 1 is 1.00 bits per heavy atom. The maximum atomic E-state index is 12.4. The van der Waals surface area contributed by atoms with Crippen LogP contribution in [0.5, 0.6) is 5.75 Å². The van der Waals surface area contributed by atoms with Crippen LogP contribution >= 0.6 is 11.3 Å². The van der Waals surface area contributed by atoms with E-state index < -0.39 is 5.97 Å². The number of carbonyl (C=O) groups is 1. The molecular weight excluding hydrogens is 352 g/mol. The number of furan rings is 1. The average molecular weight is 366 g/mol. The summed E-state index contributed by atoms with van der Waals surface area (Å²) in [7, 11) is 2.94. The van der Waals surface area contributed by atoms with Crippen molar-refractivity contribution in [3.63, 3.8) is 0 Å². The fourth-order valence-electron chi connectivity index (χ4n) is 2.83. The smallest absolute Gasteiger partial charge is 0.337 e. The van der Waals surface area contributed by atoms with Crippen LogP contribution in [0, 0.1) is 0 Å². The van der Waals surface area contributed by atoms with E-state index in [9.17, 15) is 9.59 Å². The molecule has 4 aromatic rings. The molecule has 0 fully saturated rings. The number of carbonyl (C=O) groups excluding carboxylic acids is 1. The van der Waals surface area contributed by atoms with Crippen molar-refractivity contribution in [3.8, 4) is 17.1 Å². The molecule has 0 radical (unpaired) electrons. The summed E-state index contributed by atoms with van der Waals surface area (Å²) in [6.45, 7) is 0. The lowest BCUT2D eigenvalue weighted by molar-refractivity contribution is 0.0600. The minimum absolute atomic E-state index is 0.0566. The van der Waals surface area contributed by atoms with Crippen molar-refractivity contribution >= 4 is 38.4 Å². The second-order valence-electron chi connectivity index (χ2n) is 5.67. The van der Waals surface area contributed by atoms with Crippen LogP contribution in [-0.2, 0) is 4.74 Å². The van der Waals surface area contributed by atoms with Crippen molar-refractivity contribution in [1.29, 1.82) is 0 Å². The van der Waals surface area contributed by atoms with Gasteiger partial charge in [-0.3, -0.25) is 4.79 Å². The van der Waals surface area contributed by atoms with E-state index in [2.05, 4.69) is 0 Å². The zero-order valence-electron chi connectivity index (χ0n) is 14.1. The van der Waals surface area contributed by atoms with E-state index in [4.69, 9.17) is 13.9 Å². The number of hydrogen-bond donors (Lipinski definition) is 0. The van der Waals surface area contributed by atoms with E-state index in [1.807, 2.05) is 18.2 Å². The molecule has 4 rings (SSSR count). The number of rotatable bonds is 3. The van der Waals surface area contributed by atoms with Crippen molar-refractivity contribution in [3.05, 3.63) is 63.6 Å². The van der Waals surface area contributed by atoms with Gasteiger partial charge in [-0.1, -0.05) is 23.5 Å². The molecule has 2 aromatic carbocycles. The summed E-state index contributed by atoms with van der Waals surface area (Å²) in [6.07, 6.45) is 0. The number of fused-ring (bicyclic) bond motifs is 3. The van der Waals surface area contributed by atoms with Crippen LogP contribution in [0.25, 0.3) is 32.4 Å². The fourth-order valence-corrected chi connectivity index (χ4v) is 3.69. The van der Waals surface area contributed by atoms with Crippen LogP contribution in [0.4, 0.5) is 0 Å². The molecule has 0 aliphatic heterocycles. The van der Waals surface area contributed by atoms with E-state index in [0.29, 0.717) is 28.0 Å². The Kier molecular flexibility index (Phi) is 3.97. The number of ether oxygens (including phenoxy) is 2. The minimum atomic E-state index is -0.400. The number of methoxy groups -OCH3 is 2. The van der Waals surface area contributed by atoms with Gasteiger partial charge >= 0.3 is 5.97 Å². The molecule has 0 amide bonds. The Hall–Kier alpha value is -3.12. The molecule has 5 nitrogen and oxygen atoms in total. The molecule has 2 aromatic heterocycles. The summed E-state index contributed by atoms with van der Waals surface area (Å²) < 4.78 is 16.8. The summed E-state index contributed by atoms with van der Waals surface area (Å²) in [4.78, 5) is 24.0. The summed E-state index contributed by atoms with van der Waals surface area (Å²) in [5.41, 5.74) is 1.76. The molecule has 0 unspecified atom stereocenters. The first kappa shape index (κ1) is 16.4. The molecule has 0 saturated carbocycles. The van der Waals surface area contributed by atoms with E-state index >= 15 is 0 Å². The molecule has 0 N–H and O–H groups in total. The predicted molar refractivity (Wildman–Crippen MR) is 101 cm³/mol. The van der Waals surface area contributed by atoms with Crippen molar-refractivity contribution in [2.75, 3.05) is 14.2 Å². The molecule has 6 heteroatoms. The molecular formula is C20H14O5S. The highest BCUT2D eigenvalue weighted by atomic mass is 32.1. The van der Waals surface area contributed by atoms with Crippen molar-refractivity contribution in [2.24, 2.45) is 0 Å². The van der Waals surface area contributed by atoms with Gasteiger partial charge in [-0.25, -0.2) is 4.79 Å². The molecule has 0 spiro atoms. The van der Waals surface area contributed by atoms with Crippen molar-refractivity contribution in [2.45, 2.75) is 0 Å². The maximum Gasteiger partial charge on any atom is 0.337 e. The third-order valence-electron chi connectivity index (χ3n) is 4.18. The Bertz CT molecular complexity index is 1180. The third-order valence-corrected chi connectivity index (χ3v) is 5.16. The Morgan fingerprint density at radius 3 is 2.46 bits per heavy atom. The largest absolute Gasteiger partial charge is 0.497 e. The maximum absolute atomic E-state index is 12.4. The number of hydrogen-bond acceptors (Lipinski definition) is 6. The highest BCUT2D eigenvalue weighted by Gasteiger charge is 2.14. The standard InChI is InChI=1S/C20H14O5S/c1-23-13-7-8-17-14(9-13)18-15(20(22)26-17)10-16(25-18)11-3-5-12(6-4-11)19(21)24-2/h3-10H,1-2H3. The normalized spacial score (nSPS) is 11.0. The van der Waals surface area contributed by atoms with Gasteiger partial charge in [-0.2, -0.15) is 0 Å². The number of esters is 1. The second kappa shape index (κ2) is 6.31. The van der Waals surface area contributed by atoms with Crippen LogP contribution < -0.4 is 9.48 Å². The van der Waals surface area contributed by atoms with Gasteiger partial charge in [0.15, 0.2) is 0 Å². The van der Waals surface area contributed by atoms with Gasteiger partial charge in [0.05, 0.1) is 25.2 Å². The molecule has 130 valence electrons.